The van der Waals surface area contributed by atoms with Gasteiger partial charge in [0.15, 0.2) is 0 Å². The number of carbonyl (C=O) groups excluding carboxylic acids is 1. The Labute approximate surface area is 105 Å². The quantitative estimate of drug-likeness (QED) is 0.842. The smallest absolute Gasteiger partial charge is 0.243 e. The second-order valence-electron chi connectivity index (χ2n) is 4.54. The SMILES string of the molecule is CC(C)(N)C(=O)Nc1ccc(-n2nccn2)cc1. The fraction of sp³-hybridized carbons (Fsp3) is 0.250. The zero-order valence-electron chi connectivity index (χ0n) is 10.3. The summed E-state index contributed by atoms with van der Waals surface area (Å²) in [6.45, 7) is 3.31. The van der Waals surface area contributed by atoms with Crippen molar-refractivity contribution >= 4 is 11.6 Å². The van der Waals surface area contributed by atoms with Crippen LogP contribution in [0.4, 0.5) is 5.69 Å². The molecule has 0 aliphatic heterocycles. The minimum absolute atomic E-state index is 0.229. The minimum Gasteiger partial charge on any atom is -0.325 e. The maximum Gasteiger partial charge on any atom is 0.243 e. The van der Waals surface area contributed by atoms with Crippen LogP contribution >= 0.6 is 0 Å². The molecule has 0 aliphatic carbocycles. The Hall–Kier alpha value is -2.21. The van der Waals surface area contributed by atoms with E-state index in [0.29, 0.717) is 5.69 Å². The van der Waals surface area contributed by atoms with Gasteiger partial charge in [0, 0.05) is 5.69 Å². The van der Waals surface area contributed by atoms with Crippen molar-refractivity contribution in [1.82, 2.24) is 15.0 Å². The molecule has 1 amide bonds. The molecule has 0 bridgehead atoms. The highest BCUT2D eigenvalue weighted by molar-refractivity contribution is 5.97. The average molecular weight is 245 g/mol. The Morgan fingerprint density at radius 3 is 2.28 bits per heavy atom. The lowest BCUT2D eigenvalue weighted by Crippen LogP contribution is -2.45. The number of hydrogen-bond donors (Lipinski definition) is 2. The van der Waals surface area contributed by atoms with E-state index in [2.05, 4.69) is 15.5 Å². The number of hydrogen-bond acceptors (Lipinski definition) is 4. The first-order valence-corrected chi connectivity index (χ1v) is 5.54. The predicted octanol–water partition coefficient (Wildman–Crippen LogP) is 0.943. The minimum atomic E-state index is -0.901. The predicted molar refractivity (Wildman–Crippen MR) is 68.3 cm³/mol. The zero-order valence-corrected chi connectivity index (χ0v) is 10.3. The number of amides is 1. The molecule has 2 rings (SSSR count). The summed E-state index contributed by atoms with van der Waals surface area (Å²) in [4.78, 5) is 13.2. The van der Waals surface area contributed by atoms with Crippen LogP contribution in [0.3, 0.4) is 0 Å². The van der Waals surface area contributed by atoms with Crippen molar-refractivity contribution < 1.29 is 4.79 Å². The molecule has 1 aromatic carbocycles. The summed E-state index contributed by atoms with van der Waals surface area (Å²) in [5, 5.41) is 10.8. The second-order valence-corrected chi connectivity index (χ2v) is 4.54. The molecule has 0 atom stereocenters. The molecule has 6 heteroatoms. The van der Waals surface area contributed by atoms with Crippen LogP contribution in [0.5, 0.6) is 0 Å². The molecule has 2 aromatic rings. The molecule has 1 heterocycles. The van der Waals surface area contributed by atoms with E-state index in [1.54, 1.807) is 38.4 Å². The molecule has 18 heavy (non-hydrogen) atoms. The zero-order chi connectivity index (χ0) is 13.2. The van der Waals surface area contributed by atoms with Gasteiger partial charge in [-0.1, -0.05) is 0 Å². The molecule has 0 saturated carbocycles. The van der Waals surface area contributed by atoms with E-state index in [4.69, 9.17) is 5.73 Å². The van der Waals surface area contributed by atoms with E-state index in [1.807, 2.05) is 12.1 Å². The molecule has 0 saturated heterocycles. The third-order valence-corrected chi connectivity index (χ3v) is 2.36. The van der Waals surface area contributed by atoms with Crippen LogP contribution in [0.25, 0.3) is 5.69 Å². The number of rotatable bonds is 3. The van der Waals surface area contributed by atoms with Crippen molar-refractivity contribution in [3.8, 4) is 5.69 Å². The molecule has 0 aliphatic rings. The number of nitrogens with zero attached hydrogens (tertiary/aromatic N) is 3. The standard InChI is InChI=1S/C12H15N5O/c1-12(2,13)11(18)16-9-3-5-10(6-4-9)17-14-7-8-15-17/h3-8H,13H2,1-2H3,(H,16,18). The number of nitrogens with one attached hydrogen (secondary N) is 1. The van der Waals surface area contributed by atoms with Gasteiger partial charge in [-0.3, -0.25) is 4.79 Å². The molecule has 0 radical (unpaired) electrons. The molecule has 0 fully saturated rings. The Kier molecular flexibility index (Phi) is 3.12. The third kappa shape index (κ3) is 2.72. The van der Waals surface area contributed by atoms with Gasteiger partial charge in [-0.05, 0) is 38.1 Å². The van der Waals surface area contributed by atoms with Gasteiger partial charge in [0.2, 0.25) is 5.91 Å². The molecule has 0 spiro atoms. The summed E-state index contributed by atoms with van der Waals surface area (Å²) in [5.41, 5.74) is 6.31. The van der Waals surface area contributed by atoms with Crippen LogP contribution in [-0.2, 0) is 4.79 Å². The van der Waals surface area contributed by atoms with Gasteiger partial charge in [-0.15, -0.1) is 0 Å². The van der Waals surface area contributed by atoms with Crippen molar-refractivity contribution in [2.24, 2.45) is 5.73 Å². The second kappa shape index (κ2) is 4.58. The van der Waals surface area contributed by atoms with Gasteiger partial charge in [0.1, 0.15) is 0 Å². The fourth-order valence-electron chi connectivity index (χ4n) is 1.32. The number of anilines is 1. The normalized spacial score (nSPS) is 11.3. The van der Waals surface area contributed by atoms with Gasteiger partial charge in [-0.25, -0.2) is 0 Å². The average Bonchev–Trinajstić information content (AvgIpc) is 2.82. The molecule has 1 aromatic heterocycles. The summed E-state index contributed by atoms with van der Waals surface area (Å²) in [5.74, 6) is -0.229. The molecule has 3 N–H and O–H groups in total. The maximum atomic E-state index is 11.7. The topological polar surface area (TPSA) is 85.8 Å². The number of aromatic nitrogens is 3. The summed E-state index contributed by atoms with van der Waals surface area (Å²) >= 11 is 0. The van der Waals surface area contributed by atoms with Gasteiger partial charge in [0.05, 0.1) is 23.6 Å². The highest BCUT2D eigenvalue weighted by Crippen LogP contribution is 2.13. The van der Waals surface area contributed by atoms with Gasteiger partial charge >= 0.3 is 0 Å². The van der Waals surface area contributed by atoms with Gasteiger partial charge < -0.3 is 11.1 Å². The summed E-state index contributed by atoms with van der Waals surface area (Å²) in [6, 6.07) is 7.20. The Bertz CT molecular complexity index is 525. The third-order valence-electron chi connectivity index (χ3n) is 2.36. The first kappa shape index (κ1) is 12.3. The van der Waals surface area contributed by atoms with Crippen LogP contribution in [0, 0.1) is 0 Å². The summed E-state index contributed by atoms with van der Waals surface area (Å²) in [6.07, 6.45) is 3.21. The van der Waals surface area contributed by atoms with Crippen molar-refractivity contribution in [2.75, 3.05) is 5.32 Å². The van der Waals surface area contributed by atoms with Crippen LogP contribution in [-0.4, -0.2) is 26.4 Å². The molecule has 94 valence electrons. The number of benzene rings is 1. The summed E-state index contributed by atoms with van der Waals surface area (Å²) < 4.78 is 0. The molecule has 6 nitrogen and oxygen atoms in total. The Morgan fingerprint density at radius 2 is 1.78 bits per heavy atom. The first-order chi connectivity index (χ1) is 8.47. The fourth-order valence-corrected chi connectivity index (χ4v) is 1.32. The van der Waals surface area contributed by atoms with E-state index in [0.717, 1.165) is 5.69 Å². The largest absolute Gasteiger partial charge is 0.325 e. The van der Waals surface area contributed by atoms with Gasteiger partial charge in [-0.2, -0.15) is 15.0 Å². The molecular weight excluding hydrogens is 230 g/mol. The monoisotopic (exact) mass is 245 g/mol. The lowest BCUT2D eigenvalue weighted by atomic mass is 10.1. The molecule has 0 unspecified atom stereocenters. The van der Waals surface area contributed by atoms with E-state index in [-0.39, 0.29) is 5.91 Å². The van der Waals surface area contributed by atoms with E-state index >= 15 is 0 Å². The highest BCUT2D eigenvalue weighted by atomic mass is 16.2. The van der Waals surface area contributed by atoms with Crippen molar-refractivity contribution in [2.45, 2.75) is 19.4 Å². The van der Waals surface area contributed by atoms with E-state index in [9.17, 15) is 4.79 Å². The summed E-state index contributed by atoms with van der Waals surface area (Å²) in [7, 11) is 0. The van der Waals surface area contributed by atoms with Gasteiger partial charge in [0.25, 0.3) is 0 Å². The number of carbonyl (C=O) groups is 1. The van der Waals surface area contributed by atoms with E-state index < -0.39 is 5.54 Å². The lowest BCUT2D eigenvalue weighted by molar-refractivity contribution is -0.120. The van der Waals surface area contributed by atoms with Crippen LogP contribution in [0.2, 0.25) is 0 Å². The lowest BCUT2D eigenvalue weighted by Gasteiger charge is -2.17. The van der Waals surface area contributed by atoms with Crippen LogP contribution < -0.4 is 11.1 Å². The number of nitrogens with two attached hydrogens (primary N) is 1. The Balaban J connectivity index is 2.12. The van der Waals surface area contributed by atoms with E-state index in [1.165, 1.54) is 4.80 Å². The van der Waals surface area contributed by atoms with Crippen LogP contribution in [0.1, 0.15) is 13.8 Å². The van der Waals surface area contributed by atoms with Crippen molar-refractivity contribution in [3.05, 3.63) is 36.7 Å². The van der Waals surface area contributed by atoms with Crippen molar-refractivity contribution in [3.63, 3.8) is 0 Å². The first-order valence-electron chi connectivity index (χ1n) is 5.54. The highest BCUT2D eigenvalue weighted by Gasteiger charge is 2.21. The van der Waals surface area contributed by atoms with Crippen LogP contribution in [0.15, 0.2) is 36.7 Å². The van der Waals surface area contributed by atoms with Crippen molar-refractivity contribution in [1.29, 1.82) is 0 Å². The maximum absolute atomic E-state index is 11.7. The molecular formula is C12H15N5O. The Morgan fingerprint density at radius 1 is 1.22 bits per heavy atom.